The first-order valence-electron chi connectivity index (χ1n) is 7.71. The van der Waals surface area contributed by atoms with Gasteiger partial charge in [-0.05, 0) is 51.2 Å². The molecule has 1 N–H and O–H groups in total. The number of nitrogens with zero attached hydrogens (tertiary/aromatic N) is 1. The van der Waals surface area contributed by atoms with Gasteiger partial charge >= 0.3 is 0 Å². The van der Waals surface area contributed by atoms with Crippen molar-refractivity contribution in [1.29, 1.82) is 0 Å². The fourth-order valence-corrected chi connectivity index (χ4v) is 2.46. The first-order chi connectivity index (χ1) is 9.63. The van der Waals surface area contributed by atoms with Crippen molar-refractivity contribution in [3.8, 4) is 5.75 Å². The van der Waals surface area contributed by atoms with Gasteiger partial charge in [-0.25, -0.2) is 0 Å². The van der Waals surface area contributed by atoms with Crippen molar-refractivity contribution >= 4 is 0 Å². The van der Waals surface area contributed by atoms with Crippen LogP contribution in [0.1, 0.15) is 45.2 Å². The number of methoxy groups -OCH3 is 1. The summed E-state index contributed by atoms with van der Waals surface area (Å²) < 4.78 is 5.24. The smallest absolute Gasteiger partial charge is 0.118 e. The molecule has 0 aliphatic carbocycles. The number of nitrogens with one attached hydrogen (secondary N) is 1. The number of benzene rings is 1. The molecule has 0 heterocycles. The van der Waals surface area contributed by atoms with E-state index in [4.69, 9.17) is 4.74 Å². The Hall–Kier alpha value is -1.06. The maximum Gasteiger partial charge on any atom is 0.118 e. The van der Waals surface area contributed by atoms with Crippen LogP contribution in [0.2, 0.25) is 0 Å². The van der Waals surface area contributed by atoms with Crippen LogP contribution in [0.3, 0.4) is 0 Å². The van der Waals surface area contributed by atoms with Crippen molar-refractivity contribution in [2.45, 2.75) is 45.7 Å². The van der Waals surface area contributed by atoms with Gasteiger partial charge in [-0.1, -0.05) is 32.4 Å². The van der Waals surface area contributed by atoms with Crippen LogP contribution in [0, 0.1) is 0 Å². The lowest BCUT2D eigenvalue weighted by Crippen LogP contribution is -2.41. The maximum atomic E-state index is 5.24. The molecule has 0 saturated carbocycles. The van der Waals surface area contributed by atoms with Crippen LogP contribution < -0.4 is 10.1 Å². The van der Waals surface area contributed by atoms with E-state index in [0.717, 1.165) is 18.8 Å². The molecule has 114 valence electrons. The number of ether oxygens (including phenoxy) is 1. The molecule has 2 unspecified atom stereocenters. The minimum atomic E-state index is 0.354. The molecule has 0 spiro atoms. The summed E-state index contributed by atoms with van der Waals surface area (Å²) in [5.74, 6) is 0.913. The zero-order valence-electron chi connectivity index (χ0n) is 13.6. The monoisotopic (exact) mass is 278 g/mol. The average molecular weight is 278 g/mol. The van der Waals surface area contributed by atoms with E-state index in [2.05, 4.69) is 50.2 Å². The highest BCUT2D eigenvalue weighted by Gasteiger charge is 2.21. The summed E-state index contributed by atoms with van der Waals surface area (Å²) in [5.41, 5.74) is 1.32. The van der Waals surface area contributed by atoms with Crippen LogP contribution in [-0.2, 0) is 0 Å². The Kier molecular flexibility index (Phi) is 7.63. The van der Waals surface area contributed by atoms with Crippen molar-refractivity contribution in [3.63, 3.8) is 0 Å². The van der Waals surface area contributed by atoms with Crippen LogP contribution in [0.25, 0.3) is 0 Å². The predicted molar refractivity (Wildman–Crippen MR) is 86.4 cm³/mol. The summed E-state index contributed by atoms with van der Waals surface area (Å²) in [7, 11) is 3.92. The molecule has 1 aromatic carbocycles. The second kappa shape index (κ2) is 8.98. The zero-order chi connectivity index (χ0) is 15.0. The van der Waals surface area contributed by atoms with E-state index in [1.54, 1.807) is 7.11 Å². The molecule has 0 saturated heterocycles. The Balaban J connectivity index is 2.80. The van der Waals surface area contributed by atoms with E-state index >= 15 is 0 Å². The van der Waals surface area contributed by atoms with E-state index in [-0.39, 0.29) is 0 Å². The second-order valence-corrected chi connectivity index (χ2v) is 5.38. The largest absolute Gasteiger partial charge is 0.497 e. The van der Waals surface area contributed by atoms with Crippen LogP contribution in [-0.4, -0.2) is 38.2 Å². The second-order valence-electron chi connectivity index (χ2n) is 5.38. The number of unbranched alkanes of at least 4 members (excludes halogenated alkanes) is 1. The lowest BCUT2D eigenvalue weighted by molar-refractivity contribution is 0.205. The molecule has 0 aliphatic rings. The number of hydrogen-bond donors (Lipinski definition) is 1. The molecule has 0 fully saturated rings. The molecule has 3 nitrogen and oxygen atoms in total. The quantitative estimate of drug-likeness (QED) is 0.748. The van der Waals surface area contributed by atoms with Crippen molar-refractivity contribution < 1.29 is 4.74 Å². The Morgan fingerprint density at radius 2 is 1.85 bits per heavy atom. The minimum Gasteiger partial charge on any atom is -0.497 e. The molecule has 0 radical (unpaired) electrons. The van der Waals surface area contributed by atoms with Gasteiger partial charge in [-0.15, -0.1) is 0 Å². The number of likely N-dealkylation sites (N-methyl/N-ethyl adjacent to an activating group) is 2. The Morgan fingerprint density at radius 1 is 1.20 bits per heavy atom. The summed E-state index contributed by atoms with van der Waals surface area (Å²) in [5, 5.41) is 3.61. The summed E-state index contributed by atoms with van der Waals surface area (Å²) >= 11 is 0. The van der Waals surface area contributed by atoms with E-state index in [9.17, 15) is 0 Å². The highest BCUT2D eigenvalue weighted by Crippen LogP contribution is 2.23. The Morgan fingerprint density at radius 3 is 2.35 bits per heavy atom. The fourth-order valence-electron chi connectivity index (χ4n) is 2.46. The summed E-state index contributed by atoms with van der Waals surface area (Å²) in [6.07, 6.45) is 2.49. The van der Waals surface area contributed by atoms with Gasteiger partial charge in [0, 0.05) is 12.1 Å². The van der Waals surface area contributed by atoms with Crippen LogP contribution in [0.4, 0.5) is 0 Å². The Bertz CT molecular complexity index is 364. The molecule has 2 atom stereocenters. The highest BCUT2D eigenvalue weighted by molar-refractivity contribution is 5.29. The molecule has 0 aliphatic heterocycles. The maximum absolute atomic E-state index is 5.24. The van der Waals surface area contributed by atoms with Gasteiger partial charge in [0.2, 0.25) is 0 Å². The van der Waals surface area contributed by atoms with Crippen molar-refractivity contribution in [1.82, 2.24) is 10.2 Å². The number of hydrogen-bond acceptors (Lipinski definition) is 3. The average Bonchev–Trinajstić information content (AvgIpc) is 2.49. The zero-order valence-corrected chi connectivity index (χ0v) is 13.6. The molecular formula is C17H30N2O. The van der Waals surface area contributed by atoms with Gasteiger partial charge in [0.25, 0.3) is 0 Å². The molecule has 1 rings (SSSR count). The van der Waals surface area contributed by atoms with Gasteiger partial charge in [0.05, 0.1) is 7.11 Å². The summed E-state index contributed by atoms with van der Waals surface area (Å²) in [4.78, 5) is 2.45. The van der Waals surface area contributed by atoms with E-state index < -0.39 is 0 Å². The third kappa shape index (κ3) is 4.80. The molecule has 0 bridgehead atoms. The van der Waals surface area contributed by atoms with Crippen LogP contribution in [0.5, 0.6) is 5.75 Å². The molecular weight excluding hydrogens is 248 g/mol. The third-order valence-corrected chi connectivity index (χ3v) is 3.94. The van der Waals surface area contributed by atoms with Crippen molar-refractivity contribution in [2.75, 3.05) is 27.2 Å². The SMILES string of the molecule is CCCCN(C)C(C)C(NCC)c1ccc(OC)cc1. The lowest BCUT2D eigenvalue weighted by Gasteiger charge is -2.33. The molecule has 0 aromatic heterocycles. The van der Waals surface area contributed by atoms with Gasteiger partial charge < -0.3 is 15.0 Å². The predicted octanol–water partition coefficient (Wildman–Crippen LogP) is 3.47. The van der Waals surface area contributed by atoms with Crippen LogP contribution >= 0.6 is 0 Å². The fraction of sp³-hybridized carbons (Fsp3) is 0.647. The van der Waals surface area contributed by atoms with Gasteiger partial charge in [0.15, 0.2) is 0 Å². The van der Waals surface area contributed by atoms with E-state index in [0.29, 0.717) is 12.1 Å². The normalized spacial score (nSPS) is 14.3. The van der Waals surface area contributed by atoms with Gasteiger partial charge in [0.1, 0.15) is 5.75 Å². The first-order valence-corrected chi connectivity index (χ1v) is 7.71. The third-order valence-electron chi connectivity index (χ3n) is 3.94. The van der Waals surface area contributed by atoms with Crippen LogP contribution in [0.15, 0.2) is 24.3 Å². The minimum absolute atomic E-state index is 0.354. The molecule has 1 aromatic rings. The van der Waals surface area contributed by atoms with E-state index in [1.165, 1.54) is 18.4 Å². The van der Waals surface area contributed by atoms with Crippen molar-refractivity contribution in [3.05, 3.63) is 29.8 Å². The molecule has 20 heavy (non-hydrogen) atoms. The van der Waals surface area contributed by atoms with Crippen molar-refractivity contribution in [2.24, 2.45) is 0 Å². The van der Waals surface area contributed by atoms with Gasteiger partial charge in [-0.3, -0.25) is 0 Å². The lowest BCUT2D eigenvalue weighted by atomic mass is 9.99. The number of rotatable bonds is 9. The topological polar surface area (TPSA) is 24.5 Å². The highest BCUT2D eigenvalue weighted by atomic mass is 16.5. The molecule has 0 amide bonds. The van der Waals surface area contributed by atoms with E-state index in [1.807, 2.05) is 12.1 Å². The summed E-state index contributed by atoms with van der Waals surface area (Å²) in [6, 6.07) is 9.23. The molecule has 3 heteroatoms. The van der Waals surface area contributed by atoms with Gasteiger partial charge in [-0.2, -0.15) is 0 Å². The standard InChI is InChI=1S/C17H30N2O/c1-6-8-13-19(4)14(3)17(18-7-2)15-9-11-16(20-5)12-10-15/h9-12,14,17-18H,6-8,13H2,1-5H3. The Labute approximate surface area is 124 Å². The summed E-state index contributed by atoms with van der Waals surface area (Å²) in [6.45, 7) is 8.82. The first kappa shape index (κ1) is 17.0.